The number of rotatable bonds is 2. The number of carbonyl (C=O) groups is 1. The van der Waals surface area contributed by atoms with Crippen molar-refractivity contribution < 1.29 is 13.6 Å². The quantitative estimate of drug-likeness (QED) is 0.401. The van der Waals surface area contributed by atoms with Crippen molar-refractivity contribution in [3.05, 3.63) is 35.4 Å². The molecule has 0 aliphatic rings. The van der Waals surface area contributed by atoms with E-state index in [9.17, 15) is 13.6 Å². The van der Waals surface area contributed by atoms with Crippen LogP contribution in [0.15, 0.2) is 18.2 Å². The molecule has 0 radical (unpaired) electrons. The lowest BCUT2D eigenvalue weighted by Gasteiger charge is -2.00. The first-order valence-corrected chi connectivity index (χ1v) is 3.57. The molecule has 0 spiro atoms. The molecule has 0 aliphatic heterocycles. The zero-order chi connectivity index (χ0) is 9.84. The number of hydrogen-bond donors (Lipinski definition) is 2. The number of amides is 1. The molecule has 70 valence electrons. The van der Waals surface area contributed by atoms with Crippen LogP contribution in [0.3, 0.4) is 0 Å². The molecule has 1 rings (SSSR count). The van der Waals surface area contributed by atoms with E-state index in [1.165, 1.54) is 6.07 Å². The van der Waals surface area contributed by atoms with Crippen molar-refractivity contribution in [3.8, 4) is 0 Å². The van der Waals surface area contributed by atoms with Gasteiger partial charge in [0.05, 0.1) is 6.42 Å². The fourth-order valence-corrected chi connectivity index (χ4v) is 0.886. The maximum absolute atomic E-state index is 12.6. The van der Waals surface area contributed by atoms with E-state index in [-0.39, 0.29) is 6.42 Å². The van der Waals surface area contributed by atoms with Crippen LogP contribution in [-0.4, -0.2) is 5.91 Å². The number of hydrazine groups is 1. The standard InChI is InChI=1S/C8H8F2N2O/c9-6-2-1-5(3-7(6)10)4-8(13)12-11/h1-3H,4,11H2,(H,12,13). The lowest BCUT2D eigenvalue weighted by molar-refractivity contribution is -0.120. The Morgan fingerprint density at radius 1 is 1.38 bits per heavy atom. The summed E-state index contributed by atoms with van der Waals surface area (Å²) in [7, 11) is 0. The second-order valence-corrected chi connectivity index (χ2v) is 2.49. The zero-order valence-corrected chi connectivity index (χ0v) is 6.68. The third-order valence-electron chi connectivity index (χ3n) is 1.51. The van der Waals surface area contributed by atoms with E-state index >= 15 is 0 Å². The van der Waals surface area contributed by atoms with Crippen molar-refractivity contribution in [1.29, 1.82) is 0 Å². The molecule has 5 heteroatoms. The average Bonchev–Trinajstić information content (AvgIpc) is 2.11. The largest absolute Gasteiger partial charge is 0.294 e. The predicted molar refractivity (Wildman–Crippen MR) is 42.4 cm³/mol. The molecule has 1 amide bonds. The maximum Gasteiger partial charge on any atom is 0.238 e. The lowest BCUT2D eigenvalue weighted by Crippen LogP contribution is -2.31. The molecule has 0 saturated carbocycles. The Balaban J connectivity index is 2.79. The van der Waals surface area contributed by atoms with Crippen LogP contribution in [0.25, 0.3) is 0 Å². The van der Waals surface area contributed by atoms with Gasteiger partial charge in [-0.15, -0.1) is 0 Å². The molecule has 0 saturated heterocycles. The predicted octanol–water partition coefficient (Wildman–Crippen LogP) is 0.497. The third-order valence-corrected chi connectivity index (χ3v) is 1.51. The minimum Gasteiger partial charge on any atom is -0.294 e. The summed E-state index contributed by atoms with van der Waals surface area (Å²) in [5.41, 5.74) is 2.27. The molecule has 0 bridgehead atoms. The Bertz CT molecular complexity index is 328. The van der Waals surface area contributed by atoms with Gasteiger partial charge < -0.3 is 0 Å². The first-order chi connectivity index (χ1) is 6.13. The smallest absolute Gasteiger partial charge is 0.238 e. The summed E-state index contributed by atoms with van der Waals surface area (Å²) in [6, 6.07) is 3.26. The van der Waals surface area contributed by atoms with Gasteiger partial charge in [-0.25, -0.2) is 14.6 Å². The van der Waals surface area contributed by atoms with Crippen molar-refractivity contribution in [2.75, 3.05) is 0 Å². The van der Waals surface area contributed by atoms with Gasteiger partial charge in [0.25, 0.3) is 0 Å². The molecule has 3 N–H and O–H groups in total. The number of halogens is 2. The fraction of sp³-hybridized carbons (Fsp3) is 0.125. The molecule has 0 aliphatic carbocycles. The molecular weight excluding hydrogens is 178 g/mol. The highest BCUT2D eigenvalue weighted by Gasteiger charge is 2.05. The normalized spacial score (nSPS) is 9.77. The van der Waals surface area contributed by atoms with Crippen molar-refractivity contribution in [3.63, 3.8) is 0 Å². The maximum atomic E-state index is 12.6. The first-order valence-electron chi connectivity index (χ1n) is 3.57. The Hall–Kier alpha value is -1.49. The highest BCUT2D eigenvalue weighted by atomic mass is 19.2. The monoisotopic (exact) mass is 186 g/mol. The lowest BCUT2D eigenvalue weighted by atomic mass is 10.1. The third kappa shape index (κ3) is 2.48. The van der Waals surface area contributed by atoms with E-state index in [2.05, 4.69) is 0 Å². The van der Waals surface area contributed by atoms with Crippen molar-refractivity contribution >= 4 is 5.91 Å². The number of benzene rings is 1. The van der Waals surface area contributed by atoms with Gasteiger partial charge in [-0.05, 0) is 17.7 Å². The van der Waals surface area contributed by atoms with Crippen LogP contribution >= 0.6 is 0 Å². The zero-order valence-electron chi connectivity index (χ0n) is 6.68. The molecule has 1 aromatic carbocycles. The van der Waals surface area contributed by atoms with Crippen LogP contribution in [0.4, 0.5) is 8.78 Å². The molecule has 0 heterocycles. The van der Waals surface area contributed by atoms with Gasteiger partial charge in [-0.3, -0.25) is 10.2 Å². The van der Waals surface area contributed by atoms with E-state index < -0.39 is 17.5 Å². The molecule has 13 heavy (non-hydrogen) atoms. The van der Waals surface area contributed by atoms with E-state index in [1.807, 2.05) is 5.43 Å². The van der Waals surface area contributed by atoms with Gasteiger partial charge >= 0.3 is 0 Å². The van der Waals surface area contributed by atoms with Crippen LogP contribution in [0.5, 0.6) is 0 Å². The van der Waals surface area contributed by atoms with Gasteiger partial charge in [0.15, 0.2) is 11.6 Å². The summed E-state index contributed by atoms with van der Waals surface area (Å²) < 4.78 is 25.0. The number of carbonyl (C=O) groups excluding carboxylic acids is 1. The van der Waals surface area contributed by atoms with Crippen LogP contribution in [-0.2, 0) is 11.2 Å². The topological polar surface area (TPSA) is 55.1 Å². The van der Waals surface area contributed by atoms with Crippen LogP contribution in [0, 0.1) is 11.6 Å². The van der Waals surface area contributed by atoms with Gasteiger partial charge in [-0.2, -0.15) is 0 Å². The first kappa shape index (κ1) is 9.60. The van der Waals surface area contributed by atoms with Crippen molar-refractivity contribution in [2.24, 2.45) is 5.84 Å². The fourth-order valence-electron chi connectivity index (χ4n) is 0.886. The molecule has 0 aromatic heterocycles. The minimum atomic E-state index is -0.970. The second-order valence-electron chi connectivity index (χ2n) is 2.49. The number of nitrogens with two attached hydrogens (primary N) is 1. The molecule has 0 unspecified atom stereocenters. The minimum absolute atomic E-state index is 0.0618. The summed E-state index contributed by atoms with van der Waals surface area (Å²) in [5.74, 6) is 2.46. The summed E-state index contributed by atoms with van der Waals surface area (Å²) in [4.78, 5) is 10.7. The van der Waals surface area contributed by atoms with Crippen LogP contribution in [0.2, 0.25) is 0 Å². The Kier molecular flexibility index (Phi) is 2.92. The van der Waals surface area contributed by atoms with Crippen LogP contribution < -0.4 is 11.3 Å². The molecule has 0 fully saturated rings. The average molecular weight is 186 g/mol. The van der Waals surface area contributed by atoms with E-state index in [0.717, 1.165) is 12.1 Å². The van der Waals surface area contributed by atoms with E-state index in [4.69, 9.17) is 5.84 Å². The van der Waals surface area contributed by atoms with Gasteiger partial charge in [-0.1, -0.05) is 6.07 Å². The highest BCUT2D eigenvalue weighted by Crippen LogP contribution is 2.08. The van der Waals surface area contributed by atoms with Gasteiger partial charge in [0.1, 0.15) is 0 Å². The van der Waals surface area contributed by atoms with Crippen molar-refractivity contribution in [1.82, 2.24) is 5.43 Å². The van der Waals surface area contributed by atoms with Gasteiger partial charge in [0, 0.05) is 0 Å². The summed E-state index contributed by atoms with van der Waals surface area (Å²) >= 11 is 0. The molecule has 3 nitrogen and oxygen atoms in total. The Morgan fingerprint density at radius 2 is 2.08 bits per heavy atom. The SMILES string of the molecule is NNC(=O)Cc1ccc(F)c(F)c1. The van der Waals surface area contributed by atoms with Crippen molar-refractivity contribution in [2.45, 2.75) is 6.42 Å². The summed E-state index contributed by atoms with van der Waals surface area (Å²) in [5, 5.41) is 0. The molecular formula is C8H8F2N2O. The summed E-state index contributed by atoms with van der Waals surface area (Å²) in [6.07, 6.45) is -0.0618. The second kappa shape index (κ2) is 3.95. The number of nitrogens with one attached hydrogen (secondary N) is 1. The van der Waals surface area contributed by atoms with Crippen LogP contribution in [0.1, 0.15) is 5.56 Å². The highest BCUT2D eigenvalue weighted by molar-refractivity contribution is 5.77. The molecule has 1 aromatic rings. The molecule has 0 atom stereocenters. The Morgan fingerprint density at radius 3 is 2.62 bits per heavy atom. The summed E-state index contributed by atoms with van der Waals surface area (Å²) in [6.45, 7) is 0. The van der Waals surface area contributed by atoms with E-state index in [0.29, 0.717) is 5.56 Å². The Labute approximate surface area is 73.5 Å². The number of hydrogen-bond acceptors (Lipinski definition) is 2. The van der Waals surface area contributed by atoms with E-state index in [1.54, 1.807) is 0 Å². The van der Waals surface area contributed by atoms with Gasteiger partial charge in [0.2, 0.25) is 5.91 Å².